The summed E-state index contributed by atoms with van der Waals surface area (Å²) in [5.41, 5.74) is 2.81. The number of aliphatic hydroxyl groups excluding tert-OH is 3. The van der Waals surface area contributed by atoms with Crippen LogP contribution in [0.25, 0.3) is 6.08 Å². The number of benzene rings is 1. The number of hydrogen-bond acceptors (Lipinski definition) is 8. The van der Waals surface area contributed by atoms with Crippen LogP contribution in [0.4, 0.5) is 0 Å². The number of phenolic OH excluding ortho intramolecular Hbond substituents is 1. The molecule has 1 heterocycles. The summed E-state index contributed by atoms with van der Waals surface area (Å²) in [6.07, 6.45) is 11.3. The van der Waals surface area contributed by atoms with Crippen LogP contribution in [-0.4, -0.2) is 69.8 Å². The molecule has 288 valence electrons. The molecule has 8 heteroatoms. The topological polar surface area (TPSA) is 126 Å². The van der Waals surface area contributed by atoms with Crippen LogP contribution in [0.2, 0.25) is 0 Å². The summed E-state index contributed by atoms with van der Waals surface area (Å²) >= 11 is 0. The van der Waals surface area contributed by atoms with Crippen molar-refractivity contribution in [1.29, 1.82) is 0 Å². The Morgan fingerprint density at radius 2 is 1.52 bits per heavy atom. The first-order valence-electron chi connectivity index (χ1n) is 20.1. The first kappa shape index (κ1) is 38.1. The lowest BCUT2D eigenvalue weighted by atomic mass is 9.42. The van der Waals surface area contributed by atoms with Crippen molar-refractivity contribution in [3.63, 3.8) is 0 Å². The van der Waals surface area contributed by atoms with Crippen molar-refractivity contribution >= 4 is 12.0 Å². The molecule has 1 aromatic rings. The van der Waals surface area contributed by atoms with Crippen LogP contribution in [0, 0.1) is 50.7 Å². The van der Waals surface area contributed by atoms with Gasteiger partial charge in [0.1, 0.15) is 18.0 Å². The normalized spacial score (nSPS) is 45.4. The third kappa shape index (κ3) is 6.30. The molecule has 5 aliphatic carbocycles. The molecule has 0 aromatic heterocycles. The van der Waals surface area contributed by atoms with E-state index in [1.807, 2.05) is 0 Å². The Morgan fingerprint density at radius 3 is 2.25 bits per heavy atom. The molecule has 0 radical (unpaired) electrons. The van der Waals surface area contributed by atoms with Crippen molar-refractivity contribution in [2.45, 2.75) is 149 Å². The zero-order chi connectivity index (χ0) is 37.4. The predicted molar refractivity (Wildman–Crippen MR) is 200 cm³/mol. The van der Waals surface area contributed by atoms with Gasteiger partial charge in [0.2, 0.25) is 0 Å². The minimum Gasteiger partial charge on any atom is -0.508 e. The van der Waals surface area contributed by atoms with Gasteiger partial charge < -0.3 is 34.6 Å². The van der Waals surface area contributed by atoms with E-state index in [0.29, 0.717) is 29.2 Å². The van der Waals surface area contributed by atoms with Crippen LogP contribution >= 0.6 is 0 Å². The van der Waals surface area contributed by atoms with Crippen LogP contribution in [-0.2, 0) is 19.0 Å². The molecule has 0 unspecified atom stereocenters. The van der Waals surface area contributed by atoms with Gasteiger partial charge in [0, 0.05) is 6.08 Å². The fraction of sp³-hybridized carbons (Fsp3) is 0.750. The van der Waals surface area contributed by atoms with E-state index in [-0.39, 0.29) is 51.6 Å². The zero-order valence-electron chi connectivity index (χ0n) is 32.5. The van der Waals surface area contributed by atoms with E-state index in [0.717, 1.165) is 38.5 Å². The number of aliphatic hydroxyl groups is 3. The Bertz CT molecular complexity index is 1550. The molecule has 5 fully saturated rings. The Kier molecular flexibility index (Phi) is 9.89. The van der Waals surface area contributed by atoms with Gasteiger partial charge in [-0.25, -0.2) is 4.79 Å². The lowest BCUT2D eigenvalue weighted by Gasteiger charge is -2.64. The van der Waals surface area contributed by atoms with Gasteiger partial charge in [-0.05, 0) is 139 Å². The van der Waals surface area contributed by atoms with E-state index in [4.69, 9.17) is 14.2 Å². The molecule has 1 aliphatic heterocycles. The Balaban J connectivity index is 1.01. The SMILES string of the molecule is CC1(C)[C@@H](O[C@@H]2OC[C@H](OC(=O)/C=C/c3ccc(O)cc3)[C@H](O)[C@H]2O)CC[C@@]2(C)[C@H]1CC[C@@]1(C)CC3=CC[C@H]4C(C)(C)[C@H](O)CC[C@]4(C)[C@H]3CC[C@@H]12. The van der Waals surface area contributed by atoms with E-state index in [9.17, 15) is 25.2 Å². The number of phenols is 1. The number of hydrogen-bond donors (Lipinski definition) is 4. The maximum absolute atomic E-state index is 12.5. The summed E-state index contributed by atoms with van der Waals surface area (Å²) in [7, 11) is 0. The molecule has 0 amide bonds. The standard InChI is InChI=1S/C44H64O8/c1-40(2)31-15-11-27-24-42(5)21-18-32-41(3,4)35(20-23-44(32,7)33(42)16-14-29(27)43(31,6)22-19-34(40)46)52-39-38(49)37(48)30(25-50-39)51-36(47)17-10-26-8-12-28(45)13-9-26/h8-13,17,29-35,37-39,45-46,48-49H,14-16,18-25H2,1-7H3/b17-10+/t29-,30-,31-,32-,33-,34+,35-,37-,38+,39-,42-,43+,44-/m0/s1. The molecule has 0 bridgehead atoms. The molecule has 13 atom stereocenters. The van der Waals surface area contributed by atoms with Crippen molar-refractivity contribution in [1.82, 2.24) is 0 Å². The average Bonchev–Trinajstić information content (AvgIpc) is 3.24. The number of esters is 1. The third-order valence-electron chi connectivity index (χ3n) is 16.1. The molecular formula is C44H64O8. The molecule has 52 heavy (non-hydrogen) atoms. The predicted octanol–water partition coefficient (Wildman–Crippen LogP) is 7.57. The quantitative estimate of drug-likeness (QED) is 0.106. The van der Waals surface area contributed by atoms with Crippen LogP contribution < -0.4 is 0 Å². The third-order valence-corrected chi connectivity index (χ3v) is 16.1. The highest BCUT2D eigenvalue weighted by atomic mass is 16.7. The number of allylic oxidation sites excluding steroid dienone is 2. The smallest absolute Gasteiger partial charge is 0.331 e. The molecular weight excluding hydrogens is 656 g/mol. The maximum atomic E-state index is 12.5. The van der Waals surface area contributed by atoms with Crippen LogP contribution in [0.15, 0.2) is 42.0 Å². The van der Waals surface area contributed by atoms with E-state index in [1.165, 1.54) is 43.9 Å². The number of rotatable bonds is 5. The van der Waals surface area contributed by atoms with Crippen molar-refractivity contribution in [2.75, 3.05) is 6.61 Å². The molecule has 6 aliphatic rings. The monoisotopic (exact) mass is 720 g/mol. The number of aromatic hydroxyl groups is 1. The fourth-order valence-electron chi connectivity index (χ4n) is 13.3. The van der Waals surface area contributed by atoms with Crippen molar-refractivity contribution in [2.24, 2.45) is 50.7 Å². The fourth-order valence-corrected chi connectivity index (χ4v) is 13.3. The van der Waals surface area contributed by atoms with Gasteiger partial charge in [-0.2, -0.15) is 0 Å². The summed E-state index contributed by atoms with van der Waals surface area (Å²) in [4.78, 5) is 12.5. The highest BCUT2D eigenvalue weighted by Crippen LogP contribution is 2.70. The first-order valence-corrected chi connectivity index (χ1v) is 20.1. The zero-order valence-corrected chi connectivity index (χ0v) is 32.5. The number of carbonyl (C=O) groups is 1. The molecule has 1 saturated heterocycles. The van der Waals surface area contributed by atoms with Gasteiger partial charge in [0.15, 0.2) is 12.4 Å². The molecule has 4 saturated carbocycles. The van der Waals surface area contributed by atoms with Gasteiger partial charge in [0.05, 0.1) is 18.8 Å². The second-order valence-electron chi connectivity index (χ2n) is 19.6. The van der Waals surface area contributed by atoms with Gasteiger partial charge in [0.25, 0.3) is 0 Å². The summed E-state index contributed by atoms with van der Waals surface area (Å²) in [6.45, 7) is 16.9. The molecule has 7 rings (SSSR count). The lowest BCUT2D eigenvalue weighted by Crippen LogP contribution is -2.61. The summed E-state index contributed by atoms with van der Waals surface area (Å²) < 4.78 is 18.0. The lowest BCUT2D eigenvalue weighted by molar-refractivity contribution is -0.307. The second-order valence-corrected chi connectivity index (χ2v) is 19.6. The summed E-state index contributed by atoms with van der Waals surface area (Å²) in [6, 6.07) is 6.39. The van der Waals surface area contributed by atoms with Crippen LogP contribution in [0.1, 0.15) is 118 Å². The highest BCUT2D eigenvalue weighted by molar-refractivity contribution is 5.87. The minimum atomic E-state index is -1.36. The van der Waals surface area contributed by atoms with Gasteiger partial charge >= 0.3 is 5.97 Å². The van der Waals surface area contributed by atoms with E-state index >= 15 is 0 Å². The minimum absolute atomic E-state index is 0.0682. The van der Waals surface area contributed by atoms with Crippen molar-refractivity contribution in [3.05, 3.63) is 47.6 Å². The Labute approximate surface area is 311 Å². The Hall–Kier alpha value is -2.23. The summed E-state index contributed by atoms with van der Waals surface area (Å²) in [5, 5.41) is 42.7. The highest BCUT2D eigenvalue weighted by Gasteiger charge is 2.64. The number of carbonyl (C=O) groups excluding carboxylic acids is 1. The van der Waals surface area contributed by atoms with Crippen LogP contribution in [0.5, 0.6) is 5.75 Å². The molecule has 0 spiro atoms. The van der Waals surface area contributed by atoms with E-state index in [2.05, 4.69) is 54.5 Å². The van der Waals surface area contributed by atoms with Crippen LogP contribution in [0.3, 0.4) is 0 Å². The average molecular weight is 721 g/mol. The largest absolute Gasteiger partial charge is 0.508 e. The second kappa shape index (κ2) is 13.5. The van der Waals surface area contributed by atoms with Gasteiger partial charge in [-0.3, -0.25) is 0 Å². The Morgan fingerprint density at radius 1 is 0.808 bits per heavy atom. The summed E-state index contributed by atoms with van der Waals surface area (Å²) in [5.74, 6) is 1.62. The van der Waals surface area contributed by atoms with Gasteiger partial charge in [-0.1, -0.05) is 72.2 Å². The number of ether oxygens (including phenoxy) is 3. The number of fused-ring (bicyclic) bond motifs is 6. The first-order chi connectivity index (χ1) is 24.4. The molecule has 1 aromatic carbocycles. The van der Waals surface area contributed by atoms with Gasteiger partial charge in [-0.15, -0.1) is 0 Å². The van der Waals surface area contributed by atoms with E-state index < -0.39 is 30.6 Å². The molecule has 4 N–H and O–H groups in total. The van der Waals surface area contributed by atoms with Crippen molar-refractivity contribution in [3.8, 4) is 5.75 Å². The van der Waals surface area contributed by atoms with E-state index in [1.54, 1.807) is 23.8 Å². The molecule has 8 nitrogen and oxygen atoms in total. The maximum Gasteiger partial charge on any atom is 0.331 e. The van der Waals surface area contributed by atoms with Crippen molar-refractivity contribution < 1.29 is 39.4 Å².